The fourth-order valence-corrected chi connectivity index (χ4v) is 3.77. The van der Waals surface area contributed by atoms with Gasteiger partial charge in [0.2, 0.25) is 5.76 Å². The number of ether oxygens (including phenoxy) is 2. The molecule has 0 saturated carbocycles. The first kappa shape index (κ1) is 21.3. The van der Waals surface area contributed by atoms with Crippen molar-refractivity contribution in [2.75, 3.05) is 19.8 Å². The molecule has 1 aliphatic heterocycles. The van der Waals surface area contributed by atoms with Gasteiger partial charge in [-0.3, -0.25) is 19.4 Å². The zero-order valence-electron chi connectivity index (χ0n) is 17.1. The fraction of sp³-hybridized carbons (Fsp3) is 0.333. The quantitative estimate of drug-likeness (QED) is 0.487. The first-order valence-corrected chi connectivity index (χ1v) is 10.1. The number of amides is 1. The normalized spacial score (nSPS) is 17.0. The number of nitrogens with one attached hydrogen (secondary N) is 1. The standard InChI is InChI=1S/C21H18F3N5O4/c22-21(23,24)17-16-15(33-19(17)20(30)27-8-13-7-25-3-4-26-13)2-1-12-9-29(28-18(12)16)10-14-11-31-5-6-32-14/h1-4,7,9,14H,5-6,8,10-11H2,(H,27,30)/t14-/m0/s1. The summed E-state index contributed by atoms with van der Waals surface area (Å²) in [4.78, 5) is 20.5. The van der Waals surface area contributed by atoms with Crippen LogP contribution < -0.4 is 5.32 Å². The molecule has 1 fully saturated rings. The first-order valence-electron chi connectivity index (χ1n) is 10.1. The molecule has 1 atom stereocenters. The van der Waals surface area contributed by atoms with Gasteiger partial charge in [-0.05, 0) is 12.1 Å². The van der Waals surface area contributed by atoms with E-state index in [2.05, 4.69) is 20.4 Å². The van der Waals surface area contributed by atoms with Gasteiger partial charge in [0.05, 0.1) is 50.2 Å². The van der Waals surface area contributed by atoms with E-state index in [9.17, 15) is 18.0 Å². The Kier molecular flexibility index (Phi) is 5.46. The highest BCUT2D eigenvalue weighted by atomic mass is 19.4. The Morgan fingerprint density at radius 1 is 1.24 bits per heavy atom. The van der Waals surface area contributed by atoms with E-state index in [1.165, 1.54) is 29.3 Å². The lowest BCUT2D eigenvalue weighted by atomic mass is 10.1. The van der Waals surface area contributed by atoms with Gasteiger partial charge in [-0.1, -0.05) is 0 Å². The molecule has 0 radical (unpaired) electrons. The summed E-state index contributed by atoms with van der Waals surface area (Å²) in [5.74, 6) is -1.84. The SMILES string of the molecule is O=C(NCc1cnccn1)c1oc2ccc3cn(C[C@H]4COCCO4)nc3c2c1C(F)(F)F. The Morgan fingerprint density at radius 2 is 2.12 bits per heavy atom. The molecule has 33 heavy (non-hydrogen) atoms. The molecule has 0 unspecified atom stereocenters. The second-order valence-corrected chi connectivity index (χ2v) is 7.48. The van der Waals surface area contributed by atoms with Crippen LogP contribution in [0, 0.1) is 0 Å². The van der Waals surface area contributed by atoms with Crippen LogP contribution in [0.5, 0.6) is 0 Å². The minimum atomic E-state index is -4.84. The molecule has 4 heterocycles. The van der Waals surface area contributed by atoms with Crippen LogP contribution in [0.25, 0.3) is 21.9 Å². The zero-order chi connectivity index (χ0) is 23.0. The summed E-state index contributed by atoms with van der Waals surface area (Å²) in [6, 6.07) is 3.00. The van der Waals surface area contributed by atoms with E-state index < -0.39 is 23.4 Å². The van der Waals surface area contributed by atoms with Crippen LogP contribution in [-0.4, -0.2) is 51.6 Å². The third kappa shape index (κ3) is 4.26. The molecule has 1 saturated heterocycles. The Labute approximate surface area is 184 Å². The Balaban J connectivity index is 1.53. The van der Waals surface area contributed by atoms with Crippen LogP contribution in [0.3, 0.4) is 0 Å². The van der Waals surface area contributed by atoms with Gasteiger partial charge in [0, 0.05) is 24.0 Å². The zero-order valence-corrected chi connectivity index (χ0v) is 17.1. The first-order chi connectivity index (χ1) is 15.9. The number of carbonyl (C=O) groups excluding carboxylic acids is 1. The molecule has 0 bridgehead atoms. The molecule has 0 spiro atoms. The Bertz CT molecular complexity index is 1300. The van der Waals surface area contributed by atoms with Crippen molar-refractivity contribution in [3.8, 4) is 0 Å². The lowest BCUT2D eigenvalue weighted by molar-refractivity contribution is -0.137. The summed E-state index contributed by atoms with van der Waals surface area (Å²) in [5.41, 5.74) is -0.761. The predicted octanol–water partition coefficient (Wildman–Crippen LogP) is 2.94. The third-order valence-corrected chi connectivity index (χ3v) is 5.19. The number of halogens is 3. The van der Waals surface area contributed by atoms with Crippen LogP contribution in [0.4, 0.5) is 13.2 Å². The van der Waals surface area contributed by atoms with Crippen molar-refractivity contribution >= 4 is 27.8 Å². The second-order valence-electron chi connectivity index (χ2n) is 7.48. The van der Waals surface area contributed by atoms with Gasteiger partial charge >= 0.3 is 6.18 Å². The number of carbonyl (C=O) groups is 1. The minimum absolute atomic E-state index is 0.0815. The van der Waals surface area contributed by atoms with E-state index in [1.807, 2.05) is 0 Å². The van der Waals surface area contributed by atoms with Gasteiger partial charge in [-0.15, -0.1) is 0 Å². The van der Waals surface area contributed by atoms with Crippen molar-refractivity contribution in [3.63, 3.8) is 0 Å². The predicted molar refractivity (Wildman–Crippen MR) is 108 cm³/mol. The number of rotatable bonds is 5. The van der Waals surface area contributed by atoms with Gasteiger partial charge in [-0.2, -0.15) is 18.3 Å². The van der Waals surface area contributed by atoms with Crippen molar-refractivity contribution in [3.05, 3.63) is 53.9 Å². The van der Waals surface area contributed by atoms with Gasteiger partial charge in [-0.25, -0.2) is 0 Å². The molecule has 5 rings (SSSR count). The third-order valence-electron chi connectivity index (χ3n) is 5.19. The molecule has 4 aromatic rings. The van der Waals surface area contributed by atoms with Crippen molar-refractivity contribution in [1.29, 1.82) is 0 Å². The average Bonchev–Trinajstić information content (AvgIpc) is 3.39. The van der Waals surface area contributed by atoms with E-state index >= 15 is 0 Å². The van der Waals surface area contributed by atoms with Crippen molar-refractivity contribution < 1.29 is 31.9 Å². The highest BCUT2D eigenvalue weighted by molar-refractivity contribution is 6.09. The summed E-state index contributed by atoms with van der Waals surface area (Å²) in [5, 5.41) is 6.97. The molecule has 3 aromatic heterocycles. The second kappa shape index (κ2) is 8.45. The highest BCUT2D eigenvalue weighted by Gasteiger charge is 2.42. The summed E-state index contributed by atoms with van der Waals surface area (Å²) in [6.07, 6.45) is 0.806. The largest absolute Gasteiger partial charge is 0.450 e. The van der Waals surface area contributed by atoms with E-state index in [-0.39, 0.29) is 29.1 Å². The van der Waals surface area contributed by atoms with Crippen molar-refractivity contribution in [2.24, 2.45) is 0 Å². The lowest BCUT2D eigenvalue weighted by Crippen LogP contribution is -2.32. The van der Waals surface area contributed by atoms with Gasteiger partial charge in [0.1, 0.15) is 22.8 Å². The van der Waals surface area contributed by atoms with Gasteiger partial charge in [0.15, 0.2) is 0 Å². The van der Waals surface area contributed by atoms with Crippen molar-refractivity contribution in [1.82, 2.24) is 25.1 Å². The monoisotopic (exact) mass is 461 g/mol. The van der Waals surface area contributed by atoms with E-state index in [0.717, 1.165) is 0 Å². The number of benzene rings is 1. The van der Waals surface area contributed by atoms with Crippen LogP contribution in [-0.2, 0) is 28.7 Å². The van der Waals surface area contributed by atoms with E-state index in [0.29, 0.717) is 37.4 Å². The molecular weight excluding hydrogens is 443 g/mol. The van der Waals surface area contributed by atoms with E-state index in [1.54, 1.807) is 12.3 Å². The molecule has 1 aliphatic rings. The maximum absolute atomic E-state index is 14.1. The Hall–Kier alpha value is -3.51. The number of fused-ring (bicyclic) bond motifs is 3. The smallest absolute Gasteiger partial charge is 0.421 e. The molecular formula is C21H18F3N5O4. The number of hydrogen-bond acceptors (Lipinski definition) is 7. The number of hydrogen-bond donors (Lipinski definition) is 1. The number of nitrogens with zero attached hydrogens (tertiary/aromatic N) is 4. The van der Waals surface area contributed by atoms with Gasteiger partial charge in [0.25, 0.3) is 5.91 Å². The summed E-state index contributed by atoms with van der Waals surface area (Å²) in [6.45, 7) is 1.54. The van der Waals surface area contributed by atoms with Crippen LogP contribution >= 0.6 is 0 Å². The number of furan rings is 1. The highest BCUT2D eigenvalue weighted by Crippen LogP contribution is 2.42. The maximum Gasteiger partial charge on any atom is 0.421 e. The average molecular weight is 461 g/mol. The van der Waals surface area contributed by atoms with Gasteiger partial charge < -0.3 is 19.2 Å². The summed E-state index contributed by atoms with van der Waals surface area (Å²) >= 11 is 0. The molecule has 1 amide bonds. The van der Waals surface area contributed by atoms with E-state index in [4.69, 9.17) is 13.9 Å². The maximum atomic E-state index is 14.1. The topological polar surface area (TPSA) is 104 Å². The number of alkyl halides is 3. The minimum Gasteiger partial charge on any atom is -0.450 e. The molecule has 172 valence electrons. The molecule has 12 heteroatoms. The number of aromatic nitrogens is 4. The van der Waals surface area contributed by atoms with Crippen LogP contribution in [0.1, 0.15) is 21.8 Å². The fourth-order valence-electron chi connectivity index (χ4n) is 3.77. The summed E-state index contributed by atoms with van der Waals surface area (Å²) < 4.78 is 60.2. The Morgan fingerprint density at radius 3 is 2.85 bits per heavy atom. The van der Waals surface area contributed by atoms with Crippen LogP contribution in [0.2, 0.25) is 0 Å². The molecule has 1 N–H and O–H groups in total. The molecule has 9 nitrogen and oxygen atoms in total. The molecule has 0 aliphatic carbocycles. The summed E-state index contributed by atoms with van der Waals surface area (Å²) in [7, 11) is 0. The van der Waals surface area contributed by atoms with Crippen LogP contribution in [0.15, 0.2) is 41.3 Å². The molecule has 1 aromatic carbocycles. The lowest BCUT2D eigenvalue weighted by Gasteiger charge is -2.22. The van der Waals surface area contributed by atoms with Crippen molar-refractivity contribution in [2.45, 2.75) is 25.4 Å².